The summed E-state index contributed by atoms with van der Waals surface area (Å²) in [6, 6.07) is 0. The van der Waals surface area contributed by atoms with Crippen LogP contribution >= 0.6 is 0 Å². The van der Waals surface area contributed by atoms with Crippen molar-refractivity contribution in [3.8, 4) is 0 Å². The van der Waals surface area contributed by atoms with E-state index < -0.39 is 35.3 Å². The van der Waals surface area contributed by atoms with E-state index in [-0.39, 0.29) is 0 Å². The van der Waals surface area contributed by atoms with Crippen LogP contribution < -0.4 is 0 Å². The Labute approximate surface area is 117 Å². The van der Waals surface area contributed by atoms with Gasteiger partial charge in [0.25, 0.3) is 0 Å². The second-order valence-corrected chi connectivity index (χ2v) is 5.96. The molecule has 1 aliphatic rings. The minimum Gasteiger partial charge on any atom is -0.479 e. The number of carboxylic acid groups (broad SMARTS) is 1. The predicted molar refractivity (Wildman–Crippen MR) is 69.2 cm³/mol. The lowest BCUT2D eigenvalue weighted by atomic mass is 10.2. The van der Waals surface area contributed by atoms with Gasteiger partial charge in [-0.15, -0.1) is 0 Å². The highest BCUT2D eigenvalue weighted by Crippen LogP contribution is 2.43. The van der Waals surface area contributed by atoms with Crippen LogP contribution in [0.3, 0.4) is 0 Å². The Morgan fingerprint density at radius 1 is 1.25 bits per heavy atom. The van der Waals surface area contributed by atoms with Gasteiger partial charge in [0.1, 0.15) is 11.1 Å². The molecule has 0 aromatic carbocycles. The quantitative estimate of drug-likeness (QED) is 0.786. The molecule has 0 aromatic rings. The van der Waals surface area contributed by atoms with E-state index in [9.17, 15) is 14.4 Å². The number of nitrogens with zero attached hydrogens (tertiary/aromatic N) is 1. The van der Waals surface area contributed by atoms with E-state index in [1.165, 1.54) is 18.9 Å². The van der Waals surface area contributed by atoms with Crippen LogP contribution in [-0.2, 0) is 19.1 Å². The number of aliphatic carboxylic acids is 1. The maximum absolute atomic E-state index is 12.0. The number of amides is 1. The maximum Gasteiger partial charge on any atom is 0.410 e. The van der Waals surface area contributed by atoms with Gasteiger partial charge in [0, 0.05) is 7.05 Å². The van der Waals surface area contributed by atoms with E-state index in [2.05, 4.69) is 0 Å². The first-order valence-corrected chi connectivity index (χ1v) is 6.40. The number of hydrogen-bond acceptors (Lipinski definition) is 5. The highest BCUT2D eigenvalue weighted by atomic mass is 16.6. The molecule has 7 heteroatoms. The van der Waals surface area contributed by atoms with Crippen LogP contribution in [0.2, 0.25) is 0 Å². The van der Waals surface area contributed by atoms with Crippen molar-refractivity contribution in [3.05, 3.63) is 0 Å². The number of carbonyl (C=O) groups excluding carboxylic acids is 2. The van der Waals surface area contributed by atoms with Gasteiger partial charge in [-0.3, -0.25) is 4.90 Å². The van der Waals surface area contributed by atoms with Gasteiger partial charge in [-0.25, -0.2) is 14.4 Å². The van der Waals surface area contributed by atoms with Crippen LogP contribution in [0.15, 0.2) is 0 Å². The number of likely N-dealkylation sites (N-methyl/N-ethyl adjacent to an activating group) is 1. The smallest absolute Gasteiger partial charge is 0.410 e. The molecule has 1 N–H and O–H groups in total. The fourth-order valence-electron chi connectivity index (χ4n) is 1.62. The topological polar surface area (TPSA) is 93.1 Å². The number of carbonyl (C=O) groups is 3. The molecule has 0 aromatic heterocycles. The second-order valence-electron chi connectivity index (χ2n) is 5.96. The summed E-state index contributed by atoms with van der Waals surface area (Å²) < 4.78 is 10.0. The van der Waals surface area contributed by atoms with E-state index in [1.807, 2.05) is 0 Å². The highest BCUT2D eigenvalue weighted by molar-refractivity contribution is 5.90. The monoisotopic (exact) mass is 287 g/mol. The first-order chi connectivity index (χ1) is 8.99. The Morgan fingerprint density at radius 3 is 2.10 bits per heavy atom. The maximum atomic E-state index is 12.0. The predicted octanol–water partition coefficient (Wildman–Crippen LogP) is 1.40. The molecule has 1 amide bonds. The van der Waals surface area contributed by atoms with Crippen LogP contribution in [0.1, 0.15) is 40.5 Å². The van der Waals surface area contributed by atoms with Crippen LogP contribution in [0.4, 0.5) is 4.79 Å². The van der Waals surface area contributed by atoms with Crippen LogP contribution in [0, 0.1) is 0 Å². The Kier molecular flexibility index (Phi) is 4.31. The molecule has 0 spiro atoms. The number of rotatable bonds is 4. The lowest BCUT2D eigenvalue weighted by molar-refractivity contribution is -0.167. The number of esters is 1. The van der Waals surface area contributed by atoms with Crippen molar-refractivity contribution in [2.75, 3.05) is 7.05 Å². The van der Waals surface area contributed by atoms with E-state index in [4.69, 9.17) is 14.6 Å². The molecule has 1 aliphatic carbocycles. The number of hydrogen-bond donors (Lipinski definition) is 1. The first-order valence-electron chi connectivity index (χ1n) is 6.40. The number of ether oxygens (including phenoxy) is 2. The van der Waals surface area contributed by atoms with Gasteiger partial charge in [0.05, 0.1) is 0 Å². The lowest BCUT2D eigenvalue weighted by Crippen LogP contribution is -2.48. The SMILES string of the molecule is CC(OC(=O)C1(N(C)C(=O)OC(C)(C)C)CC1)C(=O)O. The van der Waals surface area contributed by atoms with Crippen LogP contribution in [0.25, 0.3) is 0 Å². The van der Waals surface area contributed by atoms with E-state index in [1.54, 1.807) is 20.8 Å². The summed E-state index contributed by atoms with van der Waals surface area (Å²) in [4.78, 5) is 35.8. The van der Waals surface area contributed by atoms with Gasteiger partial charge >= 0.3 is 18.0 Å². The summed E-state index contributed by atoms with van der Waals surface area (Å²) in [7, 11) is 1.45. The standard InChI is InChI=1S/C13H21NO6/c1-8(9(15)16)19-10(17)13(6-7-13)14(5)11(18)20-12(2,3)4/h8H,6-7H2,1-5H3,(H,15,16). The van der Waals surface area contributed by atoms with Crippen molar-refractivity contribution in [2.24, 2.45) is 0 Å². The zero-order valence-corrected chi connectivity index (χ0v) is 12.4. The minimum absolute atomic E-state index is 0.438. The fourth-order valence-corrected chi connectivity index (χ4v) is 1.62. The molecule has 7 nitrogen and oxygen atoms in total. The molecule has 0 saturated heterocycles. The molecule has 0 aliphatic heterocycles. The largest absolute Gasteiger partial charge is 0.479 e. The molecule has 1 atom stereocenters. The third-order valence-electron chi connectivity index (χ3n) is 3.04. The molecule has 1 rings (SSSR count). The van der Waals surface area contributed by atoms with E-state index in [0.717, 1.165) is 0 Å². The Bertz CT molecular complexity index is 421. The summed E-state index contributed by atoms with van der Waals surface area (Å²) in [5.41, 5.74) is -1.76. The Balaban J connectivity index is 2.71. The molecule has 1 saturated carbocycles. The van der Waals surface area contributed by atoms with Crippen molar-refractivity contribution in [2.45, 2.75) is 57.8 Å². The minimum atomic E-state index is -1.24. The normalized spacial score (nSPS) is 17.9. The van der Waals surface area contributed by atoms with Crippen molar-refractivity contribution in [1.29, 1.82) is 0 Å². The zero-order chi connectivity index (χ0) is 15.7. The van der Waals surface area contributed by atoms with Crippen molar-refractivity contribution in [1.82, 2.24) is 4.90 Å². The van der Waals surface area contributed by atoms with E-state index in [0.29, 0.717) is 12.8 Å². The molecule has 1 fully saturated rings. The van der Waals surface area contributed by atoms with Crippen molar-refractivity contribution >= 4 is 18.0 Å². The molecule has 0 heterocycles. The average molecular weight is 287 g/mol. The van der Waals surface area contributed by atoms with Gasteiger partial charge in [0.2, 0.25) is 0 Å². The van der Waals surface area contributed by atoms with Gasteiger partial charge in [-0.05, 0) is 40.5 Å². The molecule has 1 unspecified atom stereocenters. The zero-order valence-electron chi connectivity index (χ0n) is 12.4. The third kappa shape index (κ3) is 3.61. The molecular formula is C13H21NO6. The van der Waals surface area contributed by atoms with Gasteiger partial charge < -0.3 is 14.6 Å². The van der Waals surface area contributed by atoms with Gasteiger partial charge in [-0.1, -0.05) is 0 Å². The molecular weight excluding hydrogens is 266 g/mol. The van der Waals surface area contributed by atoms with Crippen molar-refractivity contribution in [3.63, 3.8) is 0 Å². The van der Waals surface area contributed by atoms with Crippen LogP contribution in [-0.4, -0.2) is 52.3 Å². The summed E-state index contributed by atoms with van der Waals surface area (Å²) in [6.07, 6.45) is -0.996. The fraction of sp³-hybridized carbons (Fsp3) is 0.769. The summed E-state index contributed by atoms with van der Waals surface area (Å²) in [5.74, 6) is -1.94. The van der Waals surface area contributed by atoms with Gasteiger partial charge in [-0.2, -0.15) is 0 Å². The first kappa shape index (κ1) is 16.3. The second kappa shape index (κ2) is 5.30. The van der Waals surface area contributed by atoms with Gasteiger partial charge in [0.15, 0.2) is 6.10 Å². The lowest BCUT2D eigenvalue weighted by Gasteiger charge is -2.29. The molecule has 114 valence electrons. The molecule has 0 bridgehead atoms. The summed E-state index contributed by atoms with van der Waals surface area (Å²) in [6.45, 7) is 6.44. The summed E-state index contributed by atoms with van der Waals surface area (Å²) >= 11 is 0. The molecule has 0 radical (unpaired) electrons. The average Bonchev–Trinajstić information content (AvgIpc) is 3.06. The van der Waals surface area contributed by atoms with Crippen LogP contribution in [0.5, 0.6) is 0 Å². The van der Waals surface area contributed by atoms with Crippen molar-refractivity contribution < 1.29 is 29.0 Å². The molecule has 20 heavy (non-hydrogen) atoms. The third-order valence-corrected chi connectivity index (χ3v) is 3.04. The summed E-state index contributed by atoms with van der Waals surface area (Å²) in [5, 5.41) is 8.74. The Morgan fingerprint density at radius 2 is 1.75 bits per heavy atom. The number of carboxylic acids is 1. The highest BCUT2D eigenvalue weighted by Gasteiger charge is 2.58. The Hall–Kier alpha value is -1.79. The van der Waals surface area contributed by atoms with E-state index >= 15 is 0 Å².